The molecule has 1 aliphatic rings. The molecule has 1 amide bonds. The lowest BCUT2D eigenvalue weighted by Crippen LogP contribution is -2.37. The van der Waals surface area contributed by atoms with Crippen molar-refractivity contribution in [3.05, 3.63) is 35.7 Å². The number of unbranched alkanes of at least 4 members (excludes halogenated alkanes) is 2. The lowest BCUT2D eigenvalue weighted by molar-refractivity contribution is -0.121. The van der Waals surface area contributed by atoms with Crippen molar-refractivity contribution in [1.29, 1.82) is 0 Å². The fourth-order valence-corrected chi connectivity index (χ4v) is 4.71. The van der Waals surface area contributed by atoms with E-state index in [1.807, 2.05) is 36.6 Å². The van der Waals surface area contributed by atoms with Gasteiger partial charge in [-0.1, -0.05) is 19.8 Å². The molecule has 1 aromatic carbocycles. The summed E-state index contributed by atoms with van der Waals surface area (Å²) in [7, 11) is 3.26. The Labute approximate surface area is 213 Å². The first-order valence-corrected chi connectivity index (χ1v) is 12.1. The van der Waals surface area contributed by atoms with Crippen molar-refractivity contribution in [2.75, 3.05) is 32.2 Å². The summed E-state index contributed by atoms with van der Waals surface area (Å²) in [5.41, 5.74) is 5.57. The fraction of sp³-hybridized carbons (Fsp3) is 0.500. The van der Waals surface area contributed by atoms with Crippen molar-refractivity contribution in [2.24, 2.45) is 0 Å². The average molecular weight is 502 g/mol. The minimum Gasteiger partial charge on any atom is -0.493 e. The van der Waals surface area contributed by atoms with Gasteiger partial charge in [-0.15, -0.1) is 12.4 Å². The molecule has 2 aromatic heterocycles. The second-order valence-electron chi connectivity index (χ2n) is 8.98. The third-order valence-electron chi connectivity index (χ3n) is 6.42. The fourth-order valence-electron chi connectivity index (χ4n) is 4.71. The van der Waals surface area contributed by atoms with Gasteiger partial charge in [0.25, 0.3) is 0 Å². The Bertz CT molecular complexity index is 1180. The summed E-state index contributed by atoms with van der Waals surface area (Å²) in [4.78, 5) is 19.5. The van der Waals surface area contributed by atoms with Gasteiger partial charge in [-0.25, -0.2) is 9.50 Å². The summed E-state index contributed by atoms with van der Waals surface area (Å²) in [6, 6.07) is 8.10. The smallest absolute Gasteiger partial charge is 0.220 e. The van der Waals surface area contributed by atoms with Gasteiger partial charge in [-0.3, -0.25) is 4.79 Å². The van der Waals surface area contributed by atoms with Crippen LogP contribution in [-0.2, 0) is 4.79 Å². The Morgan fingerprint density at radius 2 is 1.91 bits per heavy atom. The SMILES string of the molecule is CCCCCC(=O)N[C@@H]1CCN(c2cc(C)nn3c(-c4ccc(OC)c(OC)c4)c(C)nc23)C1.Cl. The molecule has 0 unspecified atom stereocenters. The largest absolute Gasteiger partial charge is 0.493 e. The number of carbonyl (C=O) groups is 1. The molecule has 0 aliphatic carbocycles. The number of halogens is 1. The second-order valence-corrected chi connectivity index (χ2v) is 8.98. The number of fused-ring (bicyclic) bond motifs is 1. The number of rotatable bonds is 9. The number of carbonyl (C=O) groups excluding carboxylic acids is 1. The lowest BCUT2D eigenvalue weighted by Gasteiger charge is -2.20. The minimum atomic E-state index is 0. The van der Waals surface area contributed by atoms with Crippen LogP contribution >= 0.6 is 12.4 Å². The van der Waals surface area contributed by atoms with Crippen molar-refractivity contribution < 1.29 is 14.3 Å². The van der Waals surface area contributed by atoms with Crippen LogP contribution in [0.3, 0.4) is 0 Å². The van der Waals surface area contributed by atoms with E-state index in [-0.39, 0.29) is 24.4 Å². The van der Waals surface area contributed by atoms with Gasteiger partial charge in [0.2, 0.25) is 5.91 Å². The predicted octanol–water partition coefficient (Wildman–Crippen LogP) is 4.73. The van der Waals surface area contributed by atoms with E-state index in [1.54, 1.807) is 14.2 Å². The summed E-state index contributed by atoms with van der Waals surface area (Å²) in [5.74, 6) is 1.51. The second kappa shape index (κ2) is 11.6. The predicted molar refractivity (Wildman–Crippen MR) is 141 cm³/mol. The summed E-state index contributed by atoms with van der Waals surface area (Å²) in [6.45, 7) is 7.80. The highest BCUT2D eigenvalue weighted by Crippen LogP contribution is 2.35. The number of anilines is 1. The molecular formula is C26H36ClN5O3. The van der Waals surface area contributed by atoms with Crippen molar-refractivity contribution in [1.82, 2.24) is 19.9 Å². The zero-order chi connectivity index (χ0) is 24.2. The number of amides is 1. The molecule has 9 heteroatoms. The highest BCUT2D eigenvalue weighted by molar-refractivity contribution is 5.85. The number of imidazole rings is 1. The molecule has 1 atom stereocenters. The van der Waals surface area contributed by atoms with E-state index in [0.29, 0.717) is 17.9 Å². The molecular weight excluding hydrogens is 466 g/mol. The first-order chi connectivity index (χ1) is 16.4. The van der Waals surface area contributed by atoms with Gasteiger partial charge in [0.15, 0.2) is 17.1 Å². The molecule has 1 fully saturated rings. The maximum Gasteiger partial charge on any atom is 0.220 e. The monoisotopic (exact) mass is 501 g/mol. The Hall–Kier alpha value is -3.00. The van der Waals surface area contributed by atoms with E-state index in [1.165, 1.54) is 0 Å². The van der Waals surface area contributed by atoms with E-state index in [0.717, 1.165) is 72.8 Å². The number of nitrogens with one attached hydrogen (secondary N) is 1. The Morgan fingerprint density at radius 3 is 2.63 bits per heavy atom. The van der Waals surface area contributed by atoms with Crippen LogP contribution in [0.15, 0.2) is 24.3 Å². The summed E-state index contributed by atoms with van der Waals surface area (Å²) < 4.78 is 12.8. The minimum absolute atomic E-state index is 0. The van der Waals surface area contributed by atoms with Crippen LogP contribution in [0.1, 0.15) is 50.4 Å². The maximum atomic E-state index is 12.3. The molecule has 0 saturated carbocycles. The lowest BCUT2D eigenvalue weighted by atomic mass is 10.1. The highest BCUT2D eigenvalue weighted by atomic mass is 35.5. The number of aryl methyl sites for hydroxylation is 2. The first-order valence-electron chi connectivity index (χ1n) is 12.1. The van der Waals surface area contributed by atoms with Gasteiger partial charge in [0.05, 0.1) is 37.0 Å². The molecule has 3 heterocycles. The molecule has 0 radical (unpaired) electrons. The van der Waals surface area contributed by atoms with Crippen LogP contribution < -0.4 is 19.7 Å². The molecule has 1 aliphatic heterocycles. The Morgan fingerprint density at radius 1 is 1.14 bits per heavy atom. The standard InChI is InChI=1S/C26H35N5O3.ClH/c1-6-7-8-9-24(32)28-20-12-13-30(16-20)21-14-17(2)29-31-25(18(3)27-26(21)31)19-10-11-22(33-4)23(15-19)34-5;/h10-11,14-15,20H,6-9,12-13,16H2,1-5H3,(H,28,32);1H/t20-;/m1./s1. The van der Waals surface area contributed by atoms with E-state index >= 15 is 0 Å². The molecule has 190 valence electrons. The molecule has 1 saturated heterocycles. The Kier molecular flexibility index (Phi) is 8.83. The van der Waals surface area contributed by atoms with Gasteiger partial charge in [0, 0.05) is 31.1 Å². The zero-order valence-corrected chi connectivity index (χ0v) is 22.1. The van der Waals surface area contributed by atoms with Crippen molar-refractivity contribution >= 4 is 29.6 Å². The molecule has 1 N–H and O–H groups in total. The van der Waals surface area contributed by atoms with E-state index in [2.05, 4.69) is 23.2 Å². The topological polar surface area (TPSA) is 81.0 Å². The molecule has 0 bridgehead atoms. The molecule has 8 nitrogen and oxygen atoms in total. The average Bonchev–Trinajstić information content (AvgIpc) is 3.41. The van der Waals surface area contributed by atoms with Crippen LogP contribution in [0.4, 0.5) is 5.69 Å². The quantitative estimate of drug-likeness (QED) is 0.427. The Balaban J connectivity index is 0.00000342. The third kappa shape index (κ3) is 5.64. The van der Waals surface area contributed by atoms with Crippen molar-refractivity contribution in [2.45, 2.75) is 58.9 Å². The number of nitrogens with zero attached hydrogens (tertiary/aromatic N) is 4. The van der Waals surface area contributed by atoms with Gasteiger partial charge in [0.1, 0.15) is 0 Å². The number of aromatic nitrogens is 3. The molecule has 4 rings (SSSR count). The zero-order valence-electron chi connectivity index (χ0n) is 21.3. The third-order valence-corrected chi connectivity index (χ3v) is 6.42. The van der Waals surface area contributed by atoms with E-state index < -0.39 is 0 Å². The van der Waals surface area contributed by atoms with E-state index in [9.17, 15) is 4.79 Å². The normalized spacial score (nSPS) is 15.2. The van der Waals surface area contributed by atoms with Crippen LogP contribution in [0.5, 0.6) is 11.5 Å². The summed E-state index contributed by atoms with van der Waals surface area (Å²) >= 11 is 0. The molecule has 35 heavy (non-hydrogen) atoms. The van der Waals surface area contributed by atoms with Crippen LogP contribution in [0, 0.1) is 13.8 Å². The number of hydrogen-bond donors (Lipinski definition) is 1. The van der Waals surface area contributed by atoms with Crippen molar-refractivity contribution in [3.63, 3.8) is 0 Å². The summed E-state index contributed by atoms with van der Waals surface area (Å²) in [5, 5.41) is 8.01. The number of hydrogen-bond acceptors (Lipinski definition) is 6. The van der Waals surface area contributed by atoms with E-state index in [4.69, 9.17) is 19.6 Å². The van der Waals surface area contributed by atoms with Gasteiger partial charge < -0.3 is 19.7 Å². The summed E-state index contributed by atoms with van der Waals surface area (Å²) in [6.07, 6.45) is 4.71. The molecule has 0 spiro atoms. The maximum absolute atomic E-state index is 12.3. The highest BCUT2D eigenvalue weighted by Gasteiger charge is 2.27. The molecule has 3 aromatic rings. The number of benzene rings is 1. The number of ether oxygens (including phenoxy) is 2. The van der Waals surface area contributed by atoms with Crippen LogP contribution in [0.2, 0.25) is 0 Å². The van der Waals surface area contributed by atoms with Gasteiger partial charge in [-0.2, -0.15) is 5.10 Å². The number of methoxy groups -OCH3 is 2. The van der Waals surface area contributed by atoms with Crippen molar-refractivity contribution in [3.8, 4) is 22.8 Å². The van der Waals surface area contributed by atoms with Gasteiger partial charge >= 0.3 is 0 Å². The van der Waals surface area contributed by atoms with Gasteiger partial charge in [-0.05, 0) is 51.0 Å². The van der Waals surface area contributed by atoms with Crippen LogP contribution in [0.25, 0.3) is 16.9 Å². The first kappa shape index (κ1) is 26.6. The van der Waals surface area contributed by atoms with Crippen LogP contribution in [-0.4, -0.2) is 53.9 Å².